The molecule has 1 aliphatic rings. The summed E-state index contributed by atoms with van der Waals surface area (Å²) in [6.07, 6.45) is 2.46. The Morgan fingerprint density at radius 3 is 2.80 bits per heavy atom. The van der Waals surface area contributed by atoms with E-state index >= 15 is 0 Å². The van der Waals surface area contributed by atoms with Crippen molar-refractivity contribution in [2.75, 3.05) is 13.2 Å². The summed E-state index contributed by atoms with van der Waals surface area (Å²) in [7, 11) is 0. The number of aliphatic hydroxyl groups is 1. The Morgan fingerprint density at radius 1 is 1.60 bits per heavy atom. The fourth-order valence-corrected chi connectivity index (χ4v) is 1.81. The molecule has 0 unspecified atom stereocenters. The van der Waals surface area contributed by atoms with Gasteiger partial charge in [-0.05, 0) is 32.6 Å². The van der Waals surface area contributed by atoms with Crippen molar-refractivity contribution in [1.82, 2.24) is 5.32 Å². The molecular formula is C11H21NO3. The Bertz CT molecular complexity index is 200. The van der Waals surface area contributed by atoms with Crippen LogP contribution in [0.5, 0.6) is 0 Å². The van der Waals surface area contributed by atoms with Gasteiger partial charge in [0.15, 0.2) is 0 Å². The second-order valence-corrected chi connectivity index (χ2v) is 4.27. The molecule has 0 aromatic carbocycles. The predicted octanol–water partition coefficient (Wildman–Crippen LogP) is 0.689. The minimum atomic E-state index is -0.466. The van der Waals surface area contributed by atoms with Gasteiger partial charge in [0.1, 0.15) is 0 Å². The largest absolute Gasteiger partial charge is 0.392 e. The molecule has 0 spiro atoms. The van der Waals surface area contributed by atoms with Crippen LogP contribution < -0.4 is 5.32 Å². The Morgan fingerprint density at radius 2 is 2.27 bits per heavy atom. The van der Waals surface area contributed by atoms with Crippen LogP contribution in [0.25, 0.3) is 0 Å². The molecule has 1 rings (SSSR count). The van der Waals surface area contributed by atoms with Gasteiger partial charge in [-0.25, -0.2) is 0 Å². The van der Waals surface area contributed by atoms with Gasteiger partial charge in [-0.1, -0.05) is 0 Å². The highest BCUT2D eigenvalue weighted by molar-refractivity contribution is 5.76. The molecule has 1 fully saturated rings. The van der Waals surface area contributed by atoms with Gasteiger partial charge in [0.25, 0.3) is 0 Å². The normalized spacial score (nSPS) is 26.9. The highest BCUT2D eigenvalue weighted by Crippen LogP contribution is 2.32. The number of rotatable bonds is 6. The van der Waals surface area contributed by atoms with Crippen molar-refractivity contribution in [3.05, 3.63) is 0 Å². The second kappa shape index (κ2) is 6.08. The lowest BCUT2D eigenvalue weighted by Gasteiger charge is -2.34. The van der Waals surface area contributed by atoms with Crippen LogP contribution in [0.1, 0.15) is 33.1 Å². The van der Waals surface area contributed by atoms with Gasteiger partial charge in [0.05, 0.1) is 12.2 Å². The van der Waals surface area contributed by atoms with E-state index in [0.29, 0.717) is 25.0 Å². The van der Waals surface area contributed by atoms with Gasteiger partial charge in [-0.3, -0.25) is 4.79 Å². The van der Waals surface area contributed by atoms with Crippen LogP contribution >= 0.6 is 0 Å². The Labute approximate surface area is 91.0 Å². The molecule has 2 N–H and O–H groups in total. The van der Waals surface area contributed by atoms with Crippen molar-refractivity contribution < 1.29 is 14.6 Å². The van der Waals surface area contributed by atoms with Crippen molar-refractivity contribution >= 4 is 5.91 Å². The first-order chi connectivity index (χ1) is 7.11. The zero-order chi connectivity index (χ0) is 11.3. The van der Waals surface area contributed by atoms with Crippen molar-refractivity contribution in [2.45, 2.75) is 45.3 Å². The van der Waals surface area contributed by atoms with Gasteiger partial charge in [0, 0.05) is 19.6 Å². The molecule has 0 aliphatic heterocycles. The summed E-state index contributed by atoms with van der Waals surface area (Å²) >= 11 is 0. The first-order valence-electron chi connectivity index (χ1n) is 5.68. The summed E-state index contributed by atoms with van der Waals surface area (Å²) < 4.78 is 5.42. The molecule has 0 aromatic heterocycles. The fraction of sp³-hybridized carbons (Fsp3) is 0.909. The van der Waals surface area contributed by atoms with Crippen LogP contribution in [-0.2, 0) is 9.53 Å². The maximum absolute atomic E-state index is 11.4. The first kappa shape index (κ1) is 12.5. The lowest BCUT2D eigenvalue weighted by atomic mass is 9.80. The minimum absolute atomic E-state index is 0.0378. The number of ether oxygens (including phenoxy) is 1. The van der Waals surface area contributed by atoms with E-state index in [4.69, 9.17) is 9.84 Å². The molecule has 0 aromatic rings. The Hall–Kier alpha value is -0.610. The highest BCUT2D eigenvalue weighted by atomic mass is 16.5. The van der Waals surface area contributed by atoms with Gasteiger partial charge in [0.2, 0.25) is 5.91 Å². The lowest BCUT2D eigenvalue weighted by molar-refractivity contribution is -0.124. The molecule has 15 heavy (non-hydrogen) atoms. The number of hydrogen-bond acceptors (Lipinski definition) is 3. The highest BCUT2D eigenvalue weighted by Gasteiger charge is 2.30. The standard InChI is InChI=1S/C11H21NO3/c1-3-15-10-4-9(5-10)6-11(14)12-7-8(2)13/h8-10,13H,3-7H2,1-2H3,(H,12,14)/t8-,9?,10?/m0/s1. The van der Waals surface area contributed by atoms with Crippen molar-refractivity contribution in [3.63, 3.8) is 0 Å². The summed E-state index contributed by atoms with van der Waals surface area (Å²) in [4.78, 5) is 11.4. The summed E-state index contributed by atoms with van der Waals surface area (Å²) in [6, 6.07) is 0. The van der Waals surface area contributed by atoms with Crippen LogP contribution in [0.4, 0.5) is 0 Å². The maximum atomic E-state index is 11.4. The third-order valence-electron chi connectivity index (χ3n) is 2.66. The fourth-order valence-electron chi connectivity index (χ4n) is 1.81. The summed E-state index contributed by atoms with van der Waals surface area (Å²) in [5.41, 5.74) is 0. The minimum Gasteiger partial charge on any atom is -0.392 e. The molecule has 1 amide bonds. The zero-order valence-corrected chi connectivity index (χ0v) is 9.53. The molecule has 0 radical (unpaired) electrons. The first-order valence-corrected chi connectivity index (χ1v) is 5.68. The molecule has 4 nitrogen and oxygen atoms in total. The monoisotopic (exact) mass is 215 g/mol. The van der Waals surface area contributed by atoms with Gasteiger partial charge < -0.3 is 15.2 Å². The maximum Gasteiger partial charge on any atom is 0.220 e. The number of amides is 1. The topological polar surface area (TPSA) is 58.6 Å². The number of nitrogens with one attached hydrogen (secondary N) is 1. The van der Waals surface area contributed by atoms with Crippen molar-refractivity contribution in [3.8, 4) is 0 Å². The van der Waals surface area contributed by atoms with E-state index in [1.54, 1.807) is 6.92 Å². The van der Waals surface area contributed by atoms with E-state index in [9.17, 15) is 4.79 Å². The van der Waals surface area contributed by atoms with Crippen LogP contribution in [0.2, 0.25) is 0 Å². The molecule has 0 saturated heterocycles. The number of hydrogen-bond donors (Lipinski definition) is 2. The van der Waals surface area contributed by atoms with Gasteiger partial charge in [-0.2, -0.15) is 0 Å². The smallest absolute Gasteiger partial charge is 0.220 e. The quantitative estimate of drug-likeness (QED) is 0.685. The van der Waals surface area contributed by atoms with E-state index in [1.165, 1.54) is 0 Å². The molecule has 0 heterocycles. The van der Waals surface area contributed by atoms with E-state index in [-0.39, 0.29) is 5.91 Å². The van der Waals surface area contributed by atoms with E-state index < -0.39 is 6.10 Å². The third kappa shape index (κ3) is 4.62. The van der Waals surface area contributed by atoms with Crippen LogP contribution in [0.15, 0.2) is 0 Å². The molecule has 88 valence electrons. The predicted molar refractivity (Wildman–Crippen MR) is 57.4 cm³/mol. The average molecular weight is 215 g/mol. The average Bonchev–Trinajstić information content (AvgIpc) is 2.11. The molecule has 1 atom stereocenters. The Balaban J connectivity index is 2.03. The van der Waals surface area contributed by atoms with Crippen molar-refractivity contribution in [1.29, 1.82) is 0 Å². The molecule has 4 heteroatoms. The van der Waals surface area contributed by atoms with Crippen molar-refractivity contribution in [2.24, 2.45) is 5.92 Å². The van der Waals surface area contributed by atoms with Gasteiger partial charge in [-0.15, -0.1) is 0 Å². The van der Waals surface area contributed by atoms with E-state index in [2.05, 4.69) is 5.32 Å². The van der Waals surface area contributed by atoms with Crippen LogP contribution in [0, 0.1) is 5.92 Å². The SMILES string of the molecule is CCOC1CC(CC(=O)NC[C@H](C)O)C1. The molecule has 1 aliphatic carbocycles. The lowest BCUT2D eigenvalue weighted by Crippen LogP contribution is -2.37. The molecule has 0 bridgehead atoms. The number of aliphatic hydroxyl groups excluding tert-OH is 1. The number of carbonyl (C=O) groups excluding carboxylic acids is 1. The Kier molecular flexibility index (Phi) is 5.05. The third-order valence-corrected chi connectivity index (χ3v) is 2.66. The summed E-state index contributed by atoms with van der Waals surface area (Å²) in [5.74, 6) is 0.506. The number of carbonyl (C=O) groups is 1. The second-order valence-electron chi connectivity index (χ2n) is 4.27. The van der Waals surface area contributed by atoms with Gasteiger partial charge >= 0.3 is 0 Å². The summed E-state index contributed by atoms with van der Waals surface area (Å²) in [5, 5.41) is 11.7. The summed E-state index contributed by atoms with van der Waals surface area (Å²) in [6.45, 7) is 4.75. The van der Waals surface area contributed by atoms with E-state index in [0.717, 1.165) is 19.4 Å². The molecular weight excluding hydrogens is 194 g/mol. The van der Waals surface area contributed by atoms with E-state index in [1.807, 2.05) is 6.92 Å². The van der Waals surface area contributed by atoms with Crippen LogP contribution in [-0.4, -0.2) is 36.4 Å². The zero-order valence-electron chi connectivity index (χ0n) is 9.53. The molecule has 1 saturated carbocycles. The van der Waals surface area contributed by atoms with Crippen LogP contribution in [0.3, 0.4) is 0 Å².